The number of ether oxygens (including phenoxy) is 1. The van der Waals surface area contributed by atoms with E-state index in [1.165, 1.54) is 6.92 Å². The number of carbonyl (C=O) groups excluding carboxylic acids is 4. The molecule has 1 heterocycles. The van der Waals surface area contributed by atoms with Crippen molar-refractivity contribution < 1.29 is 23.9 Å². The van der Waals surface area contributed by atoms with Crippen LogP contribution < -0.4 is 10.2 Å². The first-order valence-corrected chi connectivity index (χ1v) is 10.3. The predicted octanol–water partition coefficient (Wildman–Crippen LogP) is 3.58. The van der Waals surface area contributed by atoms with Crippen molar-refractivity contribution >= 4 is 45.7 Å². The Labute approximate surface area is 185 Å². The van der Waals surface area contributed by atoms with Gasteiger partial charge in [-0.3, -0.25) is 19.2 Å². The molecule has 0 bridgehead atoms. The van der Waals surface area contributed by atoms with Gasteiger partial charge in [0.25, 0.3) is 5.91 Å². The van der Waals surface area contributed by atoms with Gasteiger partial charge < -0.3 is 15.0 Å². The number of benzene rings is 3. The second kappa shape index (κ2) is 9.01. The molecule has 7 nitrogen and oxygen atoms in total. The summed E-state index contributed by atoms with van der Waals surface area (Å²) in [6.45, 7) is 1.22. The fraction of sp³-hybridized carbons (Fsp3) is 0.200. The van der Waals surface area contributed by atoms with Crippen LogP contribution in [0, 0.1) is 5.92 Å². The van der Waals surface area contributed by atoms with Gasteiger partial charge in [-0.15, -0.1) is 0 Å². The number of rotatable bonds is 6. The lowest BCUT2D eigenvalue weighted by Crippen LogP contribution is -2.28. The molecule has 3 aromatic rings. The molecule has 1 aliphatic heterocycles. The minimum absolute atomic E-state index is 0.0379. The van der Waals surface area contributed by atoms with Crippen LogP contribution in [0.4, 0.5) is 11.4 Å². The topological polar surface area (TPSA) is 92.8 Å². The van der Waals surface area contributed by atoms with Crippen molar-refractivity contribution in [1.29, 1.82) is 0 Å². The summed E-state index contributed by atoms with van der Waals surface area (Å²) in [5, 5.41) is 4.56. The molecule has 162 valence electrons. The highest BCUT2D eigenvalue weighted by molar-refractivity contribution is 6.06. The average Bonchev–Trinajstić information content (AvgIpc) is 3.19. The largest absolute Gasteiger partial charge is 0.455 e. The van der Waals surface area contributed by atoms with E-state index in [0.717, 1.165) is 16.5 Å². The minimum Gasteiger partial charge on any atom is -0.455 e. The van der Waals surface area contributed by atoms with E-state index in [1.807, 2.05) is 42.5 Å². The zero-order chi connectivity index (χ0) is 22.7. The summed E-state index contributed by atoms with van der Waals surface area (Å²) in [4.78, 5) is 50.1. The Hall–Kier alpha value is -4.00. The first-order valence-electron chi connectivity index (χ1n) is 10.3. The van der Waals surface area contributed by atoms with E-state index < -0.39 is 24.4 Å². The smallest absolute Gasteiger partial charge is 0.311 e. The number of nitrogens with zero attached hydrogens (tertiary/aromatic N) is 1. The maximum absolute atomic E-state index is 12.6. The molecule has 0 unspecified atom stereocenters. The molecule has 0 aromatic heterocycles. The van der Waals surface area contributed by atoms with Gasteiger partial charge in [0.2, 0.25) is 5.91 Å². The molecular formula is C25H22N2O5. The van der Waals surface area contributed by atoms with Gasteiger partial charge in [0.15, 0.2) is 12.4 Å². The molecule has 0 radical (unpaired) electrons. The third-order valence-corrected chi connectivity index (χ3v) is 5.44. The molecule has 1 saturated heterocycles. The maximum Gasteiger partial charge on any atom is 0.311 e. The molecule has 1 atom stereocenters. The van der Waals surface area contributed by atoms with Gasteiger partial charge in [-0.1, -0.05) is 36.4 Å². The summed E-state index contributed by atoms with van der Waals surface area (Å²) < 4.78 is 5.16. The van der Waals surface area contributed by atoms with Crippen LogP contribution in [0.25, 0.3) is 10.8 Å². The Bertz CT molecular complexity index is 1200. The van der Waals surface area contributed by atoms with Gasteiger partial charge >= 0.3 is 5.97 Å². The summed E-state index contributed by atoms with van der Waals surface area (Å²) in [6.07, 6.45) is 0.0379. The van der Waals surface area contributed by atoms with Crippen molar-refractivity contribution in [3.8, 4) is 0 Å². The molecule has 1 fully saturated rings. The van der Waals surface area contributed by atoms with Gasteiger partial charge in [-0.25, -0.2) is 0 Å². The minimum atomic E-state index is -0.635. The van der Waals surface area contributed by atoms with Gasteiger partial charge in [-0.05, 0) is 42.6 Å². The van der Waals surface area contributed by atoms with Crippen molar-refractivity contribution in [1.82, 2.24) is 0 Å². The second-order valence-electron chi connectivity index (χ2n) is 7.69. The maximum atomic E-state index is 12.6. The molecule has 0 spiro atoms. The van der Waals surface area contributed by atoms with Crippen LogP contribution in [0.5, 0.6) is 0 Å². The molecule has 0 aliphatic carbocycles. The third kappa shape index (κ3) is 4.51. The lowest BCUT2D eigenvalue weighted by molar-refractivity contribution is -0.151. The van der Waals surface area contributed by atoms with Crippen molar-refractivity contribution in [2.45, 2.75) is 13.3 Å². The molecule has 7 heteroatoms. The number of hydrogen-bond donors (Lipinski definition) is 1. The number of esters is 1. The third-order valence-electron chi connectivity index (χ3n) is 5.44. The molecule has 32 heavy (non-hydrogen) atoms. The summed E-state index contributed by atoms with van der Waals surface area (Å²) in [7, 11) is 0. The molecule has 3 aromatic carbocycles. The van der Waals surface area contributed by atoms with Gasteiger partial charge in [0, 0.05) is 29.6 Å². The fourth-order valence-corrected chi connectivity index (χ4v) is 3.78. The lowest BCUT2D eigenvalue weighted by atomic mass is 10.1. The number of fused-ring (bicyclic) bond motifs is 1. The zero-order valence-corrected chi connectivity index (χ0v) is 17.5. The van der Waals surface area contributed by atoms with Crippen LogP contribution in [0.1, 0.15) is 23.7 Å². The molecule has 4 rings (SSSR count). The SMILES string of the molecule is CC(=O)c1ccc(NC(=O)COC(=O)[C@@H]2CC(=O)N(c3cccc4ccccc34)C2)cc1. The average molecular weight is 430 g/mol. The van der Waals surface area contributed by atoms with Crippen molar-refractivity contribution in [2.24, 2.45) is 5.92 Å². The normalized spacial score (nSPS) is 15.6. The lowest BCUT2D eigenvalue weighted by Gasteiger charge is -2.18. The number of carbonyl (C=O) groups is 4. The second-order valence-corrected chi connectivity index (χ2v) is 7.69. The van der Waals surface area contributed by atoms with Crippen LogP contribution >= 0.6 is 0 Å². The van der Waals surface area contributed by atoms with Crippen LogP contribution in [-0.2, 0) is 19.1 Å². The standard InChI is InChI=1S/C25H22N2O5/c1-16(28)17-9-11-20(12-10-17)26-23(29)15-32-25(31)19-13-24(30)27(14-19)22-8-4-6-18-5-2-3-7-21(18)22/h2-12,19H,13-15H2,1H3,(H,26,29)/t19-/m1/s1. The highest BCUT2D eigenvalue weighted by Crippen LogP contribution is 2.32. The van der Waals surface area contributed by atoms with Crippen LogP contribution in [-0.4, -0.2) is 36.7 Å². The molecule has 1 aliphatic rings. The van der Waals surface area contributed by atoms with E-state index in [-0.39, 0.29) is 24.7 Å². The first-order chi connectivity index (χ1) is 15.4. The summed E-state index contributed by atoms with van der Waals surface area (Å²) in [5.41, 5.74) is 1.79. The predicted molar refractivity (Wildman–Crippen MR) is 120 cm³/mol. The van der Waals surface area contributed by atoms with E-state index in [2.05, 4.69) is 5.32 Å². The molecular weight excluding hydrogens is 408 g/mol. The van der Waals surface area contributed by atoms with Crippen LogP contribution in [0.3, 0.4) is 0 Å². The molecule has 2 amide bonds. The van der Waals surface area contributed by atoms with Crippen molar-refractivity contribution in [3.63, 3.8) is 0 Å². The van der Waals surface area contributed by atoms with E-state index >= 15 is 0 Å². The zero-order valence-electron chi connectivity index (χ0n) is 17.5. The Morgan fingerprint density at radius 1 is 1.00 bits per heavy atom. The number of ketones is 1. The number of amides is 2. The van der Waals surface area contributed by atoms with Gasteiger partial charge in [0.05, 0.1) is 11.6 Å². The number of anilines is 2. The summed E-state index contributed by atoms with van der Waals surface area (Å²) in [6, 6.07) is 19.9. The summed E-state index contributed by atoms with van der Waals surface area (Å²) in [5.74, 6) is -1.93. The summed E-state index contributed by atoms with van der Waals surface area (Å²) >= 11 is 0. The molecule has 0 saturated carbocycles. The van der Waals surface area contributed by atoms with Crippen LogP contribution in [0.2, 0.25) is 0 Å². The van der Waals surface area contributed by atoms with E-state index in [4.69, 9.17) is 4.74 Å². The van der Waals surface area contributed by atoms with Crippen molar-refractivity contribution in [2.75, 3.05) is 23.4 Å². The van der Waals surface area contributed by atoms with Crippen LogP contribution in [0.15, 0.2) is 66.7 Å². The number of hydrogen-bond acceptors (Lipinski definition) is 5. The van der Waals surface area contributed by atoms with E-state index in [1.54, 1.807) is 29.2 Å². The van der Waals surface area contributed by atoms with Gasteiger partial charge in [-0.2, -0.15) is 0 Å². The Morgan fingerprint density at radius 3 is 2.47 bits per heavy atom. The highest BCUT2D eigenvalue weighted by atomic mass is 16.5. The Morgan fingerprint density at radius 2 is 1.72 bits per heavy atom. The van der Waals surface area contributed by atoms with Gasteiger partial charge in [0.1, 0.15) is 0 Å². The molecule has 1 N–H and O–H groups in total. The Kier molecular flexibility index (Phi) is 5.98. The first kappa shape index (κ1) is 21.2. The number of Topliss-reactive ketones (excluding diaryl/α,β-unsaturated/α-hetero) is 1. The monoisotopic (exact) mass is 430 g/mol. The number of nitrogens with one attached hydrogen (secondary N) is 1. The quantitative estimate of drug-likeness (QED) is 0.477. The fourth-order valence-electron chi connectivity index (χ4n) is 3.78. The highest BCUT2D eigenvalue weighted by Gasteiger charge is 2.36. The van der Waals surface area contributed by atoms with Crippen molar-refractivity contribution in [3.05, 3.63) is 72.3 Å². The van der Waals surface area contributed by atoms with E-state index in [9.17, 15) is 19.2 Å². The van der Waals surface area contributed by atoms with E-state index in [0.29, 0.717) is 11.3 Å². The Balaban J connectivity index is 1.34.